The van der Waals surface area contributed by atoms with Gasteiger partial charge in [0.15, 0.2) is 5.54 Å². The number of carbonyl (C=O) groups is 2. The van der Waals surface area contributed by atoms with E-state index >= 15 is 0 Å². The van der Waals surface area contributed by atoms with Crippen LogP contribution in [-0.4, -0.2) is 66.1 Å². The SMILES string of the molecule is CN(CCO)C(=O)NC1(C(=O)O)CCOC1. The highest BCUT2D eigenvalue weighted by Gasteiger charge is 2.44. The summed E-state index contributed by atoms with van der Waals surface area (Å²) in [5.74, 6) is -1.10. The second kappa shape index (κ2) is 5.13. The first kappa shape index (κ1) is 12.7. The van der Waals surface area contributed by atoms with Crippen LogP contribution in [0.15, 0.2) is 0 Å². The van der Waals surface area contributed by atoms with E-state index in [9.17, 15) is 9.59 Å². The number of aliphatic carboxylic acids is 1. The van der Waals surface area contributed by atoms with Gasteiger partial charge >= 0.3 is 12.0 Å². The van der Waals surface area contributed by atoms with Gasteiger partial charge in [-0.05, 0) is 0 Å². The van der Waals surface area contributed by atoms with Crippen LogP contribution in [0.4, 0.5) is 4.79 Å². The van der Waals surface area contributed by atoms with Crippen LogP contribution < -0.4 is 5.32 Å². The Morgan fingerprint density at radius 2 is 2.25 bits per heavy atom. The van der Waals surface area contributed by atoms with Crippen molar-refractivity contribution in [2.45, 2.75) is 12.0 Å². The third-order valence-corrected chi connectivity index (χ3v) is 2.56. The minimum Gasteiger partial charge on any atom is -0.479 e. The lowest BCUT2D eigenvalue weighted by molar-refractivity contribution is -0.144. The summed E-state index contributed by atoms with van der Waals surface area (Å²) < 4.78 is 5.00. The molecule has 7 heteroatoms. The van der Waals surface area contributed by atoms with Gasteiger partial charge < -0.3 is 25.2 Å². The predicted molar refractivity (Wildman–Crippen MR) is 54.1 cm³/mol. The van der Waals surface area contributed by atoms with Crippen molar-refractivity contribution in [1.82, 2.24) is 10.2 Å². The zero-order valence-corrected chi connectivity index (χ0v) is 9.10. The zero-order chi connectivity index (χ0) is 12.2. The van der Waals surface area contributed by atoms with Gasteiger partial charge in [0.25, 0.3) is 0 Å². The lowest BCUT2D eigenvalue weighted by Crippen LogP contribution is -2.58. The maximum absolute atomic E-state index is 11.6. The topological polar surface area (TPSA) is 99.1 Å². The van der Waals surface area contributed by atoms with Crippen molar-refractivity contribution in [2.75, 3.05) is 33.4 Å². The van der Waals surface area contributed by atoms with Crippen LogP contribution in [0.3, 0.4) is 0 Å². The average molecular weight is 232 g/mol. The van der Waals surface area contributed by atoms with Gasteiger partial charge in [-0.1, -0.05) is 0 Å². The van der Waals surface area contributed by atoms with E-state index in [0.717, 1.165) is 0 Å². The normalized spacial score (nSPS) is 24.1. The number of ether oxygens (including phenoxy) is 1. The van der Waals surface area contributed by atoms with E-state index in [1.165, 1.54) is 11.9 Å². The summed E-state index contributed by atoms with van der Waals surface area (Å²) in [6.07, 6.45) is 0.251. The number of nitrogens with one attached hydrogen (secondary N) is 1. The van der Waals surface area contributed by atoms with E-state index in [1.54, 1.807) is 0 Å². The molecule has 1 unspecified atom stereocenters. The Labute approximate surface area is 93.0 Å². The Hall–Kier alpha value is -1.34. The first-order valence-electron chi connectivity index (χ1n) is 4.97. The number of amides is 2. The summed E-state index contributed by atoms with van der Waals surface area (Å²) in [7, 11) is 1.48. The quantitative estimate of drug-likeness (QED) is 0.569. The number of carbonyl (C=O) groups excluding carboxylic acids is 1. The zero-order valence-electron chi connectivity index (χ0n) is 9.10. The van der Waals surface area contributed by atoms with Crippen LogP contribution in [0, 0.1) is 0 Å². The molecule has 0 bridgehead atoms. The second-order valence-corrected chi connectivity index (χ2v) is 3.77. The number of rotatable bonds is 4. The molecule has 0 spiro atoms. The van der Waals surface area contributed by atoms with Gasteiger partial charge in [-0.25, -0.2) is 9.59 Å². The van der Waals surface area contributed by atoms with E-state index < -0.39 is 17.5 Å². The van der Waals surface area contributed by atoms with E-state index in [-0.39, 0.29) is 26.2 Å². The number of hydrogen-bond acceptors (Lipinski definition) is 4. The van der Waals surface area contributed by atoms with Gasteiger partial charge in [-0.3, -0.25) is 0 Å². The van der Waals surface area contributed by atoms with Crippen molar-refractivity contribution in [2.24, 2.45) is 0 Å². The van der Waals surface area contributed by atoms with Crippen molar-refractivity contribution in [3.05, 3.63) is 0 Å². The molecule has 0 saturated carbocycles. The van der Waals surface area contributed by atoms with Crippen LogP contribution in [-0.2, 0) is 9.53 Å². The molecular weight excluding hydrogens is 216 g/mol. The van der Waals surface area contributed by atoms with Crippen LogP contribution in [0.25, 0.3) is 0 Å². The number of urea groups is 1. The number of likely N-dealkylation sites (N-methyl/N-ethyl adjacent to an activating group) is 1. The first-order valence-corrected chi connectivity index (χ1v) is 4.97. The molecule has 1 aliphatic heterocycles. The number of aliphatic hydroxyl groups excluding tert-OH is 1. The molecule has 0 aromatic heterocycles. The molecule has 92 valence electrons. The lowest BCUT2D eigenvalue weighted by Gasteiger charge is -2.27. The van der Waals surface area contributed by atoms with Gasteiger partial charge in [0, 0.05) is 26.6 Å². The van der Waals surface area contributed by atoms with Crippen LogP contribution in [0.1, 0.15) is 6.42 Å². The molecule has 0 aromatic carbocycles. The van der Waals surface area contributed by atoms with E-state index in [4.69, 9.17) is 14.9 Å². The predicted octanol–water partition coefficient (Wildman–Crippen LogP) is -1.14. The van der Waals surface area contributed by atoms with Crippen molar-refractivity contribution >= 4 is 12.0 Å². The van der Waals surface area contributed by atoms with Crippen molar-refractivity contribution < 1.29 is 24.5 Å². The number of carboxylic acids is 1. The largest absolute Gasteiger partial charge is 0.479 e. The minimum absolute atomic E-state index is 0.0267. The van der Waals surface area contributed by atoms with E-state index in [2.05, 4.69) is 5.32 Å². The van der Waals surface area contributed by atoms with Crippen molar-refractivity contribution in [3.8, 4) is 0 Å². The van der Waals surface area contributed by atoms with E-state index in [1.807, 2.05) is 0 Å². The Balaban J connectivity index is 2.62. The monoisotopic (exact) mass is 232 g/mol. The maximum atomic E-state index is 11.6. The summed E-state index contributed by atoms with van der Waals surface area (Å²) in [5, 5.41) is 20.1. The Morgan fingerprint density at radius 3 is 2.69 bits per heavy atom. The molecule has 1 saturated heterocycles. The maximum Gasteiger partial charge on any atom is 0.332 e. The Kier molecular flexibility index (Phi) is 4.08. The number of nitrogens with zero attached hydrogens (tertiary/aromatic N) is 1. The molecule has 1 atom stereocenters. The van der Waals surface area contributed by atoms with Crippen LogP contribution in [0.2, 0.25) is 0 Å². The fraction of sp³-hybridized carbons (Fsp3) is 0.778. The van der Waals surface area contributed by atoms with Gasteiger partial charge in [0.1, 0.15) is 0 Å². The molecular formula is C9H16N2O5. The highest BCUT2D eigenvalue weighted by molar-refractivity contribution is 5.86. The van der Waals surface area contributed by atoms with Gasteiger partial charge in [0.2, 0.25) is 0 Å². The Bertz CT molecular complexity index is 275. The fourth-order valence-corrected chi connectivity index (χ4v) is 1.44. The van der Waals surface area contributed by atoms with Gasteiger partial charge in [-0.2, -0.15) is 0 Å². The summed E-state index contributed by atoms with van der Waals surface area (Å²) in [5.41, 5.74) is -1.33. The summed E-state index contributed by atoms with van der Waals surface area (Å²) in [6.45, 7) is 0.278. The number of aliphatic hydroxyl groups is 1. The van der Waals surface area contributed by atoms with Crippen molar-refractivity contribution in [1.29, 1.82) is 0 Å². The third kappa shape index (κ3) is 2.61. The third-order valence-electron chi connectivity index (χ3n) is 2.56. The number of hydrogen-bond donors (Lipinski definition) is 3. The molecule has 1 rings (SSSR count). The molecule has 1 aliphatic rings. The summed E-state index contributed by atoms with van der Waals surface area (Å²) in [6, 6.07) is -0.526. The van der Waals surface area contributed by atoms with Crippen LogP contribution in [0.5, 0.6) is 0 Å². The van der Waals surface area contributed by atoms with Gasteiger partial charge in [0.05, 0.1) is 13.2 Å². The number of carboxylic acid groups (broad SMARTS) is 1. The minimum atomic E-state index is -1.33. The second-order valence-electron chi connectivity index (χ2n) is 3.77. The van der Waals surface area contributed by atoms with Crippen LogP contribution >= 0.6 is 0 Å². The highest BCUT2D eigenvalue weighted by Crippen LogP contribution is 2.19. The summed E-state index contributed by atoms with van der Waals surface area (Å²) in [4.78, 5) is 23.9. The fourth-order valence-electron chi connectivity index (χ4n) is 1.44. The lowest BCUT2D eigenvalue weighted by atomic mass is 9.99. The first-order chi connectivity index (χ1) is 7.52. The molecule has 7 nitrogen and oxygen atoms in total. The molecule has 0 radical (unpaired) electrons. The smallest absolute Gasteiger partial charge is 0.332 e. The highest BCUT2D eigenvalue weighted by atomic mass is 16.5. The molecule has 1 heterocycles. The Morgan fingerprint density at radius 1 is 1.56 bits per heavy atom. The average Bonchev–Trinajstić information content (AvgIpc) is 2.68. The molecule has 0 aromatic rings. The molecule has 16 heavy (non-hydrogen) atoms. The standard InChI is InChI=1S/C9H16N2O5/c1-11(3-4-12)8(15)10-9(7(13)14)2-5-16-6-9/h12H,2-6H2,1H3,(H,10,15)(H,13,14). The molecule has 2 amide bonds. The van der Waals surface area contributed by atoms with E-state index in [0.29, 0.717) is 6.61 Å². The van der Waals surface area contributed by atoms with Crippen molar-refractivity contribution in [3.63, 3.8) is 0 Å². The van der Waals surface area contributed by atoms with Gasteiger partial charge in [-0.15, -0.1) is 0 Å². The summed E-state index contributed by atoms with van der Waals surface area (Å²) >= 11 is 0. The molecule has 1 fully saturated rings. The molecule has 3 N–H and O–H groups in total. The molecule has 0 aliphatic carbocycles.